The van der Waals surface area contributed by atoms with Gasteiger partial charge in [0.1, 0.15) is 5.75 Å². The Labute approximate surface area is 137 Å². The summed E-state index contributed by atoms with van der Waals surface area (Å²) in [6.45, 7) is 2.09. The topological polar surface area (TPSA) is 63.3 Å². The Kier molecular flexibility index (Phi) is 3.38. The highest BCUT2D eigenvalue weighted by Crippen LogP contribution is 2.32. The van der Waals surface area contributed by atoms with Crippen LogP contribution in [0, 0.1) is 0 Å². The Morgan fingerprint density at radius 1 is 0.957 bits per heavy atom. The van der Waals surface area contributed by atoms with E-state index in [1.807, 2.05) is 42.5 Å². The number of phenols is 1. The fourth-order valence-electron chi connectivity index (χ4n) is 2.52. The van der Waals surface area contributed by atoms with Gasteiger partial charge in [-0.25, -0.2) is 0 Å². The van der Waals surface area contributed by atoms with Gasteiger partial charge in [0.25, 0.3) is 0 Å². The molecule has 114 valence electrons. The van der Waals surface area contributed by atoms with Crippen LogP contribution in [0.3, 0.4) is 0 Å². The van der Waals surface area contributed by atoms with Crippen LogP contribution >= 0.6 is 11.8 Å². The lowest BCUT2D eigenvalue weighted by Crippen LogP contribution is -2.21. The van der Waals surface area contributed by atoms with Gasteiger partial charge in [-0.1, -0.05) is 42.1 Å². The zero-order valence-electron chi connectivity index (χ0n) is 12.4. The maximum absolute atomic E-state index is 9.47. The maximum atomic E-state index is 9.47. The molecular formula is C17H14N4OS. The predicted molar refractivity (Wildman–Crippen MR) is 90.8 cm³/mol. The number of benzene rings is 2. The minimum Gasteiger partial charge on any atom is -0.508 e. The van der Waals surface area contributed by atoms with Gasteiger partial charge in [0.2, 0.25) is 5.16 Å². The van der Waals surface area contributed by atoms with Gasteiger partial charge in [0, 0.05) is 5.56 Å². The standard InChI is InChI=1S/C17H14N4OS/c1-11-15(12-7-9-14(22)10-8-12)20-21-16(18-19-17(21)23-11)13-5-3-2-4-6-13/h2-11,22H,1H3/t11-/m0/s1. The van der Waals surface area contributed by atoms with Crippen molar-refractivity contribution in [2.24, 2.45) is 5.10 Å². The molecule has 1 aliphatic rings. The summed E-state index contributed by atoms with van der Waals surface area (Å²) < 4.78 is 1.79. The molecule has 0 fully saturated rings. The number of rotatable bonds is 2. The SMILES string of the molecule is C[C@@H]1Sc2nnc(-c3ccccc3)n2N=C1c1ccc(O)cc1. The summed E-state index contributed by atoms with van der Waals surface area (Å²) in [7, 11) is 0. The third-order valence-electron chi connectivity index (χ3n) is 3.68. The van der Waals surface area contributed by atoms with E-state index >= 15 is 0 Å². The first kappa shape index (κ1) is 14.0. The quantitative estimate of drug-likeness (QED) is 0.785. The summed E-state index contributed by atoms with van der Waals surface area (Å²) in [5.41, 5.74) is 2.91. The summed E-state index contributed by atoms with van der Waals surface area (Å²) in [6, 6.07) is 17.0. The second kappa shape index (κ2) is 5.55. The van der Waals surface area contributed by atoms with Crippen molar-refractivity contribution in [2.45, 2.75) is 17.3 Å². The van der Waals surface area contributed by atoms with E-state index in [1.165, 1.54) is 0 Å². The molecule has 2 heterocycles. The number of thioether (sulfide) groups is 1. The molecule has 1 aromatic heterocycles. The minimum absolute atomic E-state index is 0.167. The molecule has 6 heteroatoms. The number of aromatic hydroxyl groups is 1. The van der Waals surface area contributed by atoms with Crippen molar-refractivity contribution in [1.82, 2.24) is 14.9 Å². The molecule has 2 aromatic carbocycles. The number of fused-ring (bicyclic) bond motifs is 1. The first-order valence-corrected chi connectivity index (χ1v) is 8.16. The highest BCUT2D eigenvalue weighted by Gasteiger charge is 2.26. The largest absolute Gasteiger partial charge is 0.508 e. The van der Waals surface area contributed by atoms with Crippen molar-refractivity contribution < 1.29 is 5.11 Å². The van der Waals surface area contributed by atoms with Gasteiger partial charge in [-0.3, -0.25) is 0 Å². The Balaban J connectivity index is 1.83. The van der Waals surface area contributed by atoms with E-state index in [-0.39, 0.29) is 11.0 Å². The van der Waals surface area contributed by atoms with Gasteiger partial charge in [-0.2, -0.15) is 9.78 Å². The van der Waals surface area contributed by atoms with Crippen LogP contribution in [0.2, 0.25) is 0 Å². The lowest BCUT2D eigenvalue weighted by Gasteiger charge is -2.20. The van der Waals surface area contributed by atoms with E-state index in [2.05, 4.69) is 17.1 Å². The zero-order chi connectivity index (χ0) is 15.8. The highest BCUT2D eigenvalue weighted by atomic mass is 32.2. The number of phenolic OH excluding ortho intramolecular Hbond substituents is 1. The van der Waals surface area contributed by atoms with Crippen molar-refractivity contribution in [3.8, 4) is 17.1 Å². The molecule has 4 rings (SSSR count). The lowest BCUT2D eigenvalue weighted by molar-refractivity contribution is 0.475. The summed E-state index contributed by atoms with van der Waals surface area (Å²) in [5.74, 6) is 0.983. The molecule has 0 unspecified atom stereocenters. The third-order valence-corrected chi connectivity index (χ3v) is 4.72. The van der Waals surface area contributed by atoms with Gasteiger partial charge < -0.3 is 5.11 Å². The molecule has 3 aromatic rings. The molecule has 1 N–H and O–H groups in total. The summed E-state index contributed by atoms with van der Waals surface area (Å²) in [6.07, 6.45) is 0. The highest BCUT2D eigenvalue weighted by molar-refractivity contribution is 8.00. The Hall–Kier alpha value is -2.60. The van der Waals surface area contributed by atoms with Crippen LogP contribution in [-0.2, 0) is 0 Å². The summed E-state index contributed by atoms with van der Waals surface area (Å²) >= 11 is 1.63. The molecule has 1 atom stereocenters. The average Bonchev–Trinajstić information content (AvgIpc) is 2.98. The zero-order valence-corrected chi connectivity index (χ0v) is 13.2. The molecule has 0 bridgehead atoms. The van der Waals surface area contributed by atoms with Gasteiger partial charge >= 0.3 is 0 Å². The van der Waals surface area contributed by atoms with Gasteiger partial charge in [-0.05, 0) is 36.8 Å². The van der Waals surface area contributed by atoms with Crippen LogP contribution in [0.25, 0.3) is 11.4 Å². The molecule has 0 aliphatic carbocycles. The van der Waals surface area contributed by atoms with Gasteiger partial charge in [0.15, 0.2) is 5.82 Å². The van der Waals surface area contributed by atoms with E-state index in [9.17, 15) is 5.11 Å². The predicted octanol–water partition coefficient (Wildman–Crippen LogP) is 3.40. The molecule has 0 spiro atoms. The molecule has 1 aliphatic heterocycles. The minimum atomic E-state index is 0.167. The van der Waals surface area contributed by atoms with E-state index in [0.717, 1.165) is 27.8 Å². The molecule has 5 nitrogen and oxygen atoms in total. The summed E-state index contributed by atoms with van der Waals surface area (Å²) in [4.78, 5) is 0. The Morgan fingerprint density at radius 3 is 2.43 bits per heavy atom. The number of nitrogens with zero attached hydrogens (tertiary/aromatic N) is 4. The molecule has 0 saturated carbocycles. The molecule has 0 radical (unpaired) electrons. The van der Waals surface area contributed by atoms with Crippen LogP contribution in [0.4, 0.5) is 0 Å². The first-order chi connectivity index (χ1) is 11.2. The normalized spacial score (nSPS) is 16.7. The van der Waals surface area contributed by atoms with Crippen LogP contribution in [-0.4, -0.2) is 30.9 Å². The Morgan fingerprint density at radius 2 is 1.70 bits per heavy atom. The van der Waals surface area contributed by atoms with Gasteiger partial charge in [-0.15, -0.1) is 10.2 Å². The van der Waals surface area contributed by atoms with Crippen LogP contribution < -0.4 is 0 Å². The fourth-order valence-corrected chi connectivity index (χ4v) is 3.45. The van der Waals surface area contributed by atoms with Crippen molar-refractivity contribution in [3.05, 3.63) is 60.2 Å². The van der Waals surface area contributed by atoms with Crippen LogP contribution in [0.1, 0.15) is 12.5 Å². The smallest absolute Gasteiger partial charge is 0.213 e. The first-order valence-electron chi connectivity index (χ1n) is 7.28. The second-order valence-electron chi connectivity index (χ2n) is 5.28. The third kappa shape index (κ3) is 2.51. The van der Waals surface area contributed by atoms with Crippen LogP contribution in [0.5, 0.6) is 5.75 Å². The van der Waals surface area contributed by atoms with Crippen molar-refractivity contribution in [2.75, 3.05) is 0 Å². The number of hydrogen-bond donors (Lipinski definition) is 1. The summed E-state index contributed by atoms with van der Waals surface area (Å²) in [5, 5.41) is 23.7. The van der Waals surface area contributed by atoms with E-state index in [1.54, 1.807) is 28.6 Å². The fraction of sp³-hybridized carbons (Fsp3) is 0.118. The van der Waals surface area contributed by atoms with Crippen molar-refractivity contribution in [3.63, 3.8) is 0 Å². The molecule has 0 saturated heterocycles. The lowest BCUT2D eigenvalue weighted by atomic mass is 10.1. The monoisotopic (exact) mass is 322 g/mol. The number of hydrogen-bond acceptors (Lipinski definition) is 5. The van der Waals surface area contributed by atoms with Crippen molar-refractivity contribution in [1.29, 1.82) is 0 Å². The molecular weight excluding hydrogens is 308 g/mol. The van der Waals surface area contributed by atoms with E-state index in [4.69, 9.17) is 5.10 Å². The number of aromatic nitrogens is 3. The average molecular weight is 322 g/mol. The van der Waals surface area contributed by atoms with Crippen molar-refractivity contribution >= 4 is 17.5 Å². The molecule has 0 amide bonds. The second-order valence-corrected chi connectivity index (χ2v) is 6.58. The van der Waals surface area contributed by atoms with Gasteiger partial charge in [0.05, 0.1) is 11.0 Å². The maximum Gasteiger partial charge on any atom is 0.213 e. The van der Waals surface area contributed by atoms with E-state index < -0.39 is 0 Å². The van der Waals surface area contributed by atoms with Crippen LogP contribution in [0.15, 0.2) is 64.9 Å². The molecule has 23 heavy (non-hydrogen) atoms. The Bertz CT molecular complexity index is 871. The van der Waals surface area contributed by atoms with E-state index in [0.29, 0.717) is 0 Å².